The number of rotatable bonds is 7. The number of fused-ring (bicyclic) bond motifs is 1. The summed E-state index contributed by atoms with van der Waals surface area (Å²) >= 11 is 2.99. The number of nitrogens with zero attached hydrogens (tertiary/aromatic N) is 1. The van der Waals surface area contributed by atoms with Crippen LogP contribution in [0, 0.1) is 5.92 Å². The Labute approximate surface area is 155 Å². The molecule has 2 heterocycles. The molecule has 0 saturated carbocycles. The molecule has 0 fully saturated rings. The van der Waals surface area contributed by atoms with E-state index in [4.69, 9.17) is 0 Å². The van der Waals surface area contributed by atoms with E-state index in [1.54, 1.807) is 17.4 Å². The molecule has 3 rings (SSSR count). The zero-order valence-corrected chi connectivity index (χ0v) is 16.0. The van der Waals surface area contributed by atoms with E-state index in [1.165, 1.54) is 35.5 Å². The van der Waals surface area contributed by atoms with Crippen LogP contribution in [-0.4, -0.2) is 23.3 Å². The average molecular weight is 378 g/mol. The smallest absolute Gasteiger partial charge is 0.261 e. The lowest BCUT2D eigenvalue weighted by atomic mass is 9.88. The molecule has 1 aliphatic rings. The Morgan fingerprint density at radius 3 is 3.04 bits per heavy atom. The lowest BCUT2D eigenvalue weighted by molar-refractivity contribution is -0.116. The highest BCUT2D eigenvalue weighted by Gasteiger charge is 2.22. The zero-order valence-electron chi connectivity index (χ0n) is 14.3. The molecular weight excluding hydrogens is 354 g/mol. The van der Waals surface area contributed by atoms with Gasteiger partial charge in [-0.1, -0.05) is 25.8 Å². The van der Waals surface area contributed by atoms with Crippen LogP contribution in [0.5, 0.6) is 0 Å². The summed E-state index contributed by atoms with van der Waals surface area (Å²) in [6.07, 6.45) is 6.05. The molecule has 0 spiro atoms. The highest BCUT2D eigenvalue weighted by atomic mass is 32.1. The molecule has 7 heteroatoms. The molecule has 0 aliphatic heterocycles. The van der Waals surface area contributed by atoms with Crippen molar-refractivity contribution in [1.82, 2.24) is 10.3 Å². The predicted octanol–water partition coefficient (Wildman–Crippen LogP) is 3.87. The van der Waals surface area contributed by atoms with Crippen LogP contribution in [0.3, 0.4) is 0 Å². The molecule has 2 aromatic rings. The minimum atomic E-state index is -0.130. The van der Waals surface area contributed by atoms with Crippen LogP contribution in [0.15, 0.2) is 17.5 Å². The van der Waals surface area contributed by atoms with E-state index in [1.807, 2.05) is 11.4 Å². The van der Waals surface area contributed by atoms with E-state index < -0.39 is 0 Å². The maximum atomic E-state index is 12.1. The van der Waals surface area contributed by atoms with Gasteiger partial charge < -0.3 is 10.6 Å². The Morgan fingerprint density at radius 1 is 1.40 bits per heavy atom. The molecular formula is C18H23N3O2S2. The first-order chi connectivity index (χ1) is 12.2. The molecule has 134 valence electrons. The number of anilines is 1. The van der Waals surface area contributed by atoms with Gasteiger partial charge in [-0.2, -0.15) is 0 Å². The Morgan fingerprint density at radius 2 is 2.28 bits per heavy atom. The first-order valence-electron chi connectivity index (χ1n) is 8.75. The molecule has 2 N–H and O–H groups in total. The molecule has 0 aromatic carbocycles. The molecule has 1 atom stereocenters. The van der Waals surface area contributed by atoms with Crippen molar-refractivity contribution in [3.05, 3.63) is 33.0 Å². The summed E-state index contributed by atoms with van der Waals surface area (Å²) in [4.78, 5) is 30.4. The predicted molar refractivity (Wildman–Crippen MR) is 102 cm³/mol. The van der Waals surface area contributed by atoms with Crippen molar-refractivity contribution >= 4 is 39.6 Å². The second-order valence-corrected chi connectivity index (χ2v) is 8.35. The fourth-order valence-electron chi connectivity index (χ4n) is 3.12. The van der Waals surface area contributed by atoms with Gasteiger partial charge in [0.05, 0.1) is 10.6 Å². The summed E-state index contributed by atoms with van der Waals surface area (Å²) in [6.45, 7) is 2.55. The zero-order chi connectivity index (χ0) is 17.6. The van der Waals surface area contributed by atoms with E-state index in [9.17, 15) is 9.59 Å². The van der Waals surface area contributed by atoms with Gasteiger partial charge in [0, 0.05) is 17.8 Å². The van der Waals surface area contributed by atoms with E-state index in [-0.39, 0.29) is 18.2 Å². The topological polar surface area (TPSA) is 71.1 Å². The van der Waals surface area contributed by atoms with Gasteiger partial charge in [-0.15, -0.1) is 22.7 Å². The van der Waals surface area contributed by atoms with E-state index in [2.05, 4.69) is 22.5 Å². The second kappa shape index (κ2) is 8.58. The van der Waals surface area contributed by atoms with Crippen molar-refractivity contribution in [2.75, 3.05) is 11.9 Å². The van der Waals surface area contributed by atoms with Crippen molar-refractivity contribution in [3.8, 4) is 0 Å². The lowest BCUT2D eigenvalue weighted by Gasteiger charge is -2.19. The average Bonchev–Trinajstić information content (AvgIpc) is 3.23. The second-order valence-electron chi connectivity index (χ2n) is 6.32. The van der Waals surface area contributed by atoms with Crippen molar-refractivity contribution < 1.29 is 9.59 Å². The van der Waals surface area contributed by atoms with E-state index in [0.717, 1.165) is 24.5 Å². The van der Waals surface area contributed by atoms with Crippen LogP contribution < -0.4 is 10.6 Å². The van der Waals surface area contributed by atoms with Gasteiger partial charge in [0.15, 0.2) is 5.13 Å². The molecule has 2 aromatic heterocycles. The quantitative estimate of drug-likeness (QED) is 0.769. The highest BCUT2D eigenvalue weighted by Crippen LogP contribution is 2.34. The number of carbonyl (C=O) groups excluding carboxylic acids is 2. The summed E-state index contributed by atoms with van der Waals surface area (Å²) in [7, 11) is 0. The Bertz CT molecular complexity index is 725. The van der Waals surface area contributed by atoms with Gasteiger partial charge in [-0.3, -0.25) is 9.59 Å². The largest absolute Gasteiger partial charge is 0.351 e. The maximum Gasteiger partial charge on any atom is 0.261 e. The molecule has 25 heavy (non-hydrogen) atoms. The monoisotopic (exact) mass is 377 g/mol. The van der Waals surface area contributed by atoms with Gasteiger partial charge in [0.25, 0.3) is 5.91 Å². The first kappa shape index (κ1) is 18.1. The fourth-order valence-corrected chi connectivity index (χ4v) is 4.90. The molecule has 5 nitrogen and oxygen atoms in total. The SMILES string of the molecule is CCCC1CCc2nc(NC(=O)CCNC(=O)c3cccs3)sc2C1. The van der Waals surface area contributed by atoms with Crippen molar-refractivity contribution in [2.45, 2.75) is 45.4 Å². The number of thiazole rings is 1. The minimum absolute atomic E-state index is 0.109. The van der Waals surface area contributed by atoms with Gasteiger partial charge >= 0.3 is 0 Å². The summed E-state index contributed by atoms with van der Waals surface area (Å²) in [5, 5.41) is 8.19. The van der Waals surface area contributed by atoms with Crippen LogP contribution in [0.25, 0.3) is 0 Å². The Kier molecular flexibility index (Phi) is 6.20. The summed E-state index contributed by atoms with van der Waals surface area (Å²) in [5.41, 5.74) is 1.15. The van der Waals surface area contributed by atoms with Crippen molar-refractivity contribution in [3.63, 3.8) is 0 Å². The maximum absolute atomic E-state index is 12.1. The van der Waals surface area contributed by atoms with E-state index in [0.29, 0.717) is 16.6 Å². The van der Waals surface area contributed by atoms with Crippen molar-refractivity contribution in [2.24, 2.45) is 5.92 Å². The van der Waals surface area contributed by atoms with Crippen LogP contribution >= 0.6 is 22.7 Å². The van der Waals surface area contributed by atoms with Gasteiger partial charge in [-0.05, 0) is 36.6 Å². The number of carbonyl (C=O) groups is 2. The number of nitrogens with one attached hydrogen (secondary N) is 2. The molecule has 0 saturated heterocycles. The van der Waals surface area contributed by atoms with Gasteiger partial charge in [0.2, 0.25) is 5.91 Å². The number of thiophene rings is 1. The normalized spacial score (nSPS) is 16.3. The Balaban J connectivity index is 1.45. The lowest BCUT2D eigenvalue weighted by Crippen LogP contribution is -2.27. The standard InChI is InChI=1S/C18H23N3O2S2/c1-2-4-12-6-7-13-15(11-12)25-18(20-13)21-16(22)8-9-19-17(23)14-5-3-10-24-14/h3,5,10,12H,2,4,6-9,11H2,1H3,(H,19,23)(H,20,21,22). The number of hydrogen-bond acceptors (Lipinski definition) is 5. The molecule has 0 radical (unpaired) electrons. The molecule has 1 unspecified atom stereocenters. The van der Waals surface area contributed by atoms with Gasteiger partial charge in [0.1, 0.15) is 0 Å². The summed E-state index contributed by atoms with van der Waals surface area (Å²) in [6, 6.07) is 3.60. The van der Waals surface area contributed by atoms with Crippen LogP contribution in [0.1, 0.15) is 52.8 Å². The number of aromatic nitrogens is 1. The third-order valence-electron chi connectivity index (χ3n) is 4.37. The van der Waals surface area contributed by atoms with Crippen LogP contribution in [0.4, 0.5) is 5.13 Å². The molecule has 0 bridgehead atoms. The summed E-state index contributed by atoms with van der Waals surface area (Å²) < 4.78 is 0. The number of aryl methyl sites for hydroxylation is 1. The third kappa shape index (κ3) is 4.89. The molecule has 2 amide bonds. The Hall–Kier alpha value is -1.73. The summed E-state index contributed by atoms with van der Waals surface area (Å²) in [5.74, 6) is 0.520. The molecule has 1 aliphatic carbocycles. The third-order valence-corrected chi connectivity index (χ3v) is 6.27. The van der Waals surface area contributed by atoms with E-state index >= 15 is 0 Å². The first-order valence-corrected chi connectivity index (χ1v) is 10.5. The van der Waals surface area contributed by atoms with Crippen LogP contribution in [-0.2, 0) is 17.6 Å². The fraction of sp³-hybridized carbons (Fsp3) is 0.500. The number of amides is 2. The van der Waals surface area contributed by atoms with Crippen LogP contribution in [0.2, 0.25) is 0 Å². The van der Waals surface area contributed by atoms with Crippen molar-refractivity contribution in [1.29, 1.82) is 0 Å². The minimum Gasteiger partial charge on any atom is -0.351 e. The van der Waals surface area contributed by atoms with Gasteiger partial charge in [-0.25, -0.2) is 4.98 Å². The number of hydrogen-bond donors (Lipinski definition) is 2. The highest BCUT2D eigenvalue weighted by molar-refractivity contribution is 7.15.